The summed E-state index contributed by atoms with van der Waals surface area (Å²) in [7, 11) is 0. The van der Waals surface area contributed by atoms with Crippen molar-refractivity contribution in [2.75, 3.05) is 38.5 Å². The van der Waals surface area contributed by atoms with Gasteiger partial charge in [0, 0.05) is 38.0 Å². The van der Waals surface area contributed by atoms with Crippen LogP contribution in [0.1, 0.15) is 19.4 Å². The fourth-order valence-electron chi connectivity index (χ4n) is 2.65. The van der Waals surface area contributed by atoms with Crippen LogP contribution in [0.4, 0.5) is 0 Å². The zero-order chi connectivity index (χ0) is 17.4. The maximum Gasteiger partial charge on any atom is 0.234 e. The molecule has 0 saturated carbocycles. The maximum absolute atomic E-state index is 12.3. The zero-order valence-corrected chi connectivity index (χ0v) is 15.3. The van der Waals surface area contributed by atoms with Gasteiger partial charge in [-0.3, -0.25) is 14.5 Å². The summed E-state index contributed by atoms with van der Waals surface area (Å²) in [6, 6.07) is 10.4. The number of hydrogen-bond donors (Lipinski definition) is 1. The molecular weight excluding hydrogens is 322 g/mol. The van der Waals surface area contributed by atoms with Crippen molar-refractivity contribution < 1.29 is 9.59 Å². The van der Waals surface area contributed by atoms with E-state index in [1.165, 1.54) is 5.56 Å². The van der Waals surface area contributed by atoms with E-state index in [4.69, 9.17) is 0 Å². The number of rotatable bonds is 7. The summed E-state index contributed by atoms with van der Waals surface area (Å²) in [5, 5.41) is 2.90. The van der Waals surface area contributed by atoms with Crippen LogP contribution in [0.3, 0.4) is 0 Å². The Balaban J connectivity index is 1.64. The van der Waals surface area contributed by atoms with E-state index in [0.29, 0.717) is 25.4 Å². The molecule has 0 unspecified atom stereocenters. The minimum Gasteiger partial charge on any atom is -0.353 e. The van der Waals surface area contributed by atoms with Crippen LogP contribution in [-0.4, -0.2) is 66.1 Å². The maximum atomic E-state index is 12.3. The highest BCUT2D eigenvalue weighted by atomic mass is 32.2. The minimum atomic E-state index is 0.0585. The standard InChI is InChI=1S/C18H27N3O2S/c1-15(2)19-17(22)12-20-8-10-21(11-9-20)18(23)14-24-13-16-6-4-3-5-7-16/h3-7,15H,8-14H2,1-2H3,(H,19,22). The highest BCUT2D eigenvalue weighted by molar-refractivity contribution is 7.99. The number of carbonyl (C=O) groups is 2. The molecule has 0 atom stereocenters. The summed E-state index contributed by atoms with van der Waals surface area (Å²) < 4.78 is 0. The molecule has 1 saturated heterocycles. The zero-order valence-electron chi connectivity index (χ0n) is 14.5. The molecule has 0 spiro atoms. The first-order valence-electron chi connectivity index (χ1n) is 8.46. The Morgan fingerprint density at radius 3 is 2.42 bits per heavy atom. The van der Waals surface area contributed by atoms with Gasteiger partial charge >= 0.3 is 0 Å². The van der Waals surface area contributed by atoms with Gasteiger partial charge in [0.05, 0.1) is 12.3 Å². The summed E-state index contributed by atoms with van der Waals surface area (Å²) in [4.78, 5) is 28.1. The number of nitrogens with one attached hydrogen (secondary N) is 1. The molecule has 1 aliphatic rings. The Bertz CT molecular complexity index is 528. The molecule has 0 bridgehead atoms. The van der Waals surface area contributed by atoms with Gasteiger partial charge in [-0.05, 0) is 19.4 Å². The summed E-state index contributed by atoms with van der Waals surface area (Å²) in [5.74, 6) is 1.63. The number of nitrogens with zero attached hydrogens (tertiary/aromatic N) is 2. The largest absolute Gasteiger partial charge is 0.353 e. The third-order valence-electron chi connectivity index (χ3n) is 3.88. The van der Waals surface area contributed by atoms with Crippen LogP contribution in [0.5, 0.6) is 0 Å². The van der Waals surface area contributed by atoms with Crippen molar-refractivity contribution in [2.24, 2.45) is 0 Å². The van der Waals surface area contributed by atoms with Gasteiger partial charge in [0.25, 0.3) is 0 Å². The van der Waals surface area contributed by atoms with E-state index in [1.54, 1.807) is 11.8 Å². The summed E-state index contributed by atoms with van der Waals surface area (Å²) in [6.07, 6.45) is 0. The lowest BCUT2D eigenvalue weighted by molar-refractivity contribution is -0.130. The van der Waals surface area contributed by atoms with E-state index in [2.05, 4.69) is 22.3 Å². The second-order valence-electron chi connectivity index (χ2n) is 6.36. The van der Waals surface area contributed by atoms with Gasteiger partial charge < -0.3 is 10.2 Å². The van der Waals surface area contributed by atoms with Gasteiger partial charge in [-0.2, -0.15) is 0 Å². The third kappa shape index (κ3) is 6.53. The van der Waals surface area contributed by atoms with Crippen molar-refractivity contribution in [3.05, 3.63) is 35.9 Å². The quantitative estimate of drug-likeness (QED) is 0.812. The van der Waals surface area contributed by atoms with E-state index in [-0.39, 0.29) is 17.9 Å². The number of benzene rings is 1. The highest BCUT2D eigenvalue weighted by Crippen LogP contribution is 2.13. The van der Waals surface area contributed by atoms with Crippen LogP contribution in [0.25, 0.3) is 0 Å². The van der Waals surface area contributed by atoms with Crippen LogP contribution in [-0.2, 0) is 15.3 Å². The second kappa shape index (κ2) is 9.69. The number of carbonyl (C=O) groups excluding carboxylic acids is 2. The monoisotopic (exact) mass is 349 g/mol. The molecule has 0 aromatic heterocycles. The van der Waals surface area contributed by atoms with Gasteiger partial charge in [0.2, 0.25) is 11.8 Å². The predicted octanol–water partition coefficient (Wildman–Crippen LogP) is 1.59. The van der Waals surface area contributed by atoms with Crippen LogP contribution in [0, 0.1) is 0 Å². The average Bonchev–Trinajstić information content (AvgIpc) is 2.55. The molecule has 2 amide bonds. The lowest BCUT2D eigenvalue weighted by atomic mass is 10.2. The van der Waals surface area contributed by atoms with Crippen molar-refractivity contribution in [3.63, 3.8) is 0 Å². The molecular formula is C18H27N3O2S. The Morgan fingerprint density at radius 2 is 1.79 bits per heavy atom. The summed E-state index contributed by atoms with van der Waals surface area (Å²) >= 11 is 1.66. The van der Waals surface area contributed by atoms with Crippen molar-refractivity contribution in [3.8, 4) is 0 Å². The van der Waals surface area contributed by atoms with Crippen LogP contribution < -0.4 is 5.32 Å². The molecule has 1 aromatic rings. The van der Waals surface area contributed by atoms with Gasteiger partial charge in [0.1, 0.15) is 0 Å². The second-order valence-corrected chi connectivity index (χ2v) is 7.34. The lowest BCUT2D eigenvalue weighted by Crippen LogP contribution is -2.52. The van der Waals surface area contributed by atoms with Crippen molar-refractivity contribution >= 4 is 23.6 Å². The SMILES string of the molecule is CC(C)NC(=O)CN1CCN(C(=O)CSCc2ccccc2)CC1. The van der Waals surface area contributed by atoms with E-state index >= 15 is 0 Å². The van der Waals surface area contributed by atoms with E-state index in [9.17, 15) is 9.59 Å². The first-order valence-corrected chi connectivity index (χ1v) is 9.61. The topological polar surface area (TPSA) is 52.7 Å². The Labute approximate surface area is 148 Å². The Morgan fingerprint density at radius 1 is 1.12 bits per heavy atom. The fourth-order valence-corrected chi connectivity index (χ4v) is 3.54. The lowest BCUT2D eigenvalue weighted by Gasteiger charge is -2.34. The van der Waals surface area contributed by atoms with Crippen LogP contribution in [0.15, 0.2) is 30.3 Å². The number of amides is 2. The van der Waals surface area contributed by atoms with Crippen molar-refractivity contribution in [1.82, 2.24) is 15.1 Å². The molecule has 6 heteroatoms. The molecule has 1 fully saturated rings. The van der Waals surface area contributed by atoms with E-state index < -0.39 is 0 Å². The first-order chi connectivity index (χ1) is 11.5. The Kier molecular flexibility index (Phi) is 7.59. The molecule has 0 radical (unpaired) electrons. The fraction of sp³-hybridized carbons (Fsp3) is 0.556. The highest BCUT2D eigenvalue weighted by Gasteiger charge is 2.22. The average molecular weight is 350 g/mol. The predicted molar refractivity (Wildman–Crippen MR) is 98.9 cm³/mol. The molecule has 0 aliphatic carbocycles. The van der Waals surface area contributed by atoms with Crippen LogP contribution in [0.2, 0.25) is 0 Å². The molecule has 1 heterocycles. The molecule has 2 rings (SSSR count). The Hall–Kier alpha value is -1.53. The normalized spacial score (nSPS) is 15.5. The molecule has 5 nitrogen and oxygen atoms in total. The number of thioether (sulfide) groups is 1. The van der Waals surface area contributed by atoms with Gasteiger partial charge in [-0.25, -0.2) is 0 Å². The number of piperazine rings is 1. The summed E-state index contributed by atoms with van der Waals surface area (Å²) in [6.45, 7) is 7.28. The molecule has 132 valence electrons. The van der Waals surface area contributed by atoms with Gasteiger partial charge in [0.15, 0.2) is 0 Å². The molecule has 1 aromatic carbocycles. The van der Waals surface area contributed by atoms with Crippen molar-refractivity contribution in [2.45, 2.75) is 25.6 Å². The van der Waals surface area contributed by atoms with E-state index in [1.807, 2.05) is 36.9 Å². The third-order valence-corrected chi connectivity index (χ3v) is 4.87. The molecule has 24 heavy (non-hydrogen) atoms. The van der Waals surface area contributed by atoms with Crippen LogP contribution >= 0.6 is 11.8 Å². The van der Waals surface area contributed by atoms with E-state index in [0.717, 1.165) is 18.8 Å². The summed E-state index contributed by atoms with van der Waals surface area (Å²) in [5.41, 5.74) is 1.25. The molecule has 1 aliphatic heterocycles. The number of hydrogen-bond acceptors (Lipinski definition) is 4. The molecule has 1 N–H and O–H groups in total. The minimum absolute atomic E-state index is 0.0585. The van der Waals surface area contributed by atoms with Gasteiger partial charge in [-0.15, -0.1) is 11.8 Å². The smallest absolute Gasteiger partial charge is 0.234 e. The first kappa shape index (κ1) is 18.8. The van der Waals surface area contributed by atoms with Crippen molar-refractivity contribution in [1.29, 1.82) is 0 Å². The van der Waals surface area contributed by atoms with Gasteiger partial charge in [-0.1, -0.05) is 30.3 Å².